The summed E-state index contributed by atoms with van der Waals surface area (Å²) in [5.74, 6) is 0.266. The molecule has 0 aliphatic heterocycles. The van der Waals surface area contributed by atoms with E-state index in [0.29, 0.717) is 11.4 Å². The average molecular weight is 229 g/mol. The lowest BCUT2D eigenvalue weighted by atomic mass is 10.2. The van der Waals surface area contributed by atoms with Crippen LogP contribution in [0.2, 0.25) is 0 Å². The first-order chi connectivity index (χ1) is 8.29. The maximum absolute atomic E-state index is 12.7. The fourth-order valence-electron chi connectivity index (χ4n) is 1.42. The zero-order valence-corrected chi connectivity index (χ0v) is 9.01. The van der Waals surface area contributed by atoms with Gasteiger partial charge in [-0.05, 0) is 30.3 Å². The highest BCUT2D eigenvalue weighted by molar-refractivity contribution is 5.51. The number of halogens is 1. The summed E-state index contributed by atoms with van der Waals surface area (Å²) in [5.41, 5.74) is 1.23. The maximum atomic E-state index is 12.7. The Morgan fingerprint density at radius 2 is 1.76 bits per heavy atom. The molecule has 0 aromatic heterocycles. The summed E-state index contributed by atoms with van der Waals surface area (Å²) in [6.45, 7) is 0.270. The molecule has 2 aromatic rings. The van der Waals surface area contributed by atoms with Crippen molar-refractivity contribution >= 4 is 5.69 Å². The summed E-state index contributed by atoms with van der Waals surface area (Å²) in [4.78, 5) is 3.16. The fourth-order valence-corrected chi connectivity index (χ4v) is 1.42. The number of rotatable bonds is 3. The van der Waals surface area contributed by atoms with E-state index < -0.39 is 0 Å². The lowest BCUT2D eigenvalue weighted by Crippen LogP contribution is -1.95. The molecule has 0 aliphatic carbocycles. The predicted octanol–water partition coefficient (Wildman–Crippen LogP) is 3.89. The van der Waals surface area contributed by atoms with Gasteiger partial charge in [-0.25, -0.2) is 4.39 Å². The van der Waals surface area contributed by atoms with Crippen molar-refractivity contribution in [2.45, 2.75) is 6.61 Å². The molecule has 4 heteroatoms. The zero-order valence-electron chi connectivity index (χ0n) is 9.01. The lowest BCUT2D eigenvalue weighted by molar-refractivity contribution is 0.306. The molecule has 0 aliphatic rings. The summed E-state index contributed by atoms with van der Waals surface area (Å²) in [5, 5.41) is 8.77. The van der Waals surface area contributed by atoms with Crippen LogP contribution in [0.15, 0.2) is 48.5 Å². The number of hydrogen-bond donors (Lipinski definition) is 0. The second-order valence-electron chi connectivity index (χ2n) is 3.47. The van der Waals surface area contributed by atoms with Crippen molar-refractivity contribution < 1.29 is 9.13 Å². The molecule has 0 fully saturated rings. The third-order valence-electron chi connectivity index (χ3n) is 2.31. The lowest BCUT2D eigenvalue weighted by Gasteiger charge is -2.04. The number of nitrogens with zero attached hydrogens (tertiary/aromatic N) is 2. The van der Waals surface area contributed by atoms with Crippen molar-refractivity contribution in [2.24, 2.45) is 0 Å². The molecule has 3 nitrogen and oxygen atoms in total. The zero-order chi connectivity index (χ0) is 12.1. The van der Waals surface area contributed by atoms with E-state index in [1.807, 2.05) is 6.07 Å². The van der Waals surface area contributed by atoms with Crippen LogP contribution in [0.5, 0.6) is 5.75 Å². The molecule has 0 amide bonds. The average Bonchev–Trinajstić information content (AvgIpc) is 2.38. The van der Waals surface area contributed by atoms with Gasteiger partial charge in [-0.1, -0.05) is 12.1 Å². The van der Waals surface area contributed by atoms with Crippen LogP contribution in [0.4, 0.5) is 10.1 Å². The topological polar surface area (TPSA) is 37.4 Å². The van der Waals surface area contributed by atoms with Crippen molar-refractivity contribution in [3.05, 3.63) is 64.9 Å². The molecule has 84 valence electrons. The van der Waals surface area contributed by atoms with Gasteiger partial charge in [-0.3, -0.25) is 0 Å². The quantitative estimate of drug-likeness (QED) is 0.749. The molecule has 0 saturated carbocycles. The Labute approximate surface area is 98.1 Å². The Morgan fingerprint density at radius 3 is 2.47 bits per heavy atom. The summed E-state index contributed by atoms with van der Waals surface area (Å²) >= 11 is 0. The Balaban J connectivity index is 2.08. The molecule has 2 rings (SSSR count). The van der Waals surface area contributed by atoms with Crippen molar-refractivity contribution in [1.82, 2.24) is 0 Å². The van der Waals surface area contributed by atoms with Crippen LogP contribution >= 0.6 is 0 Å². The van der Waals surface area contributed by atoms with Gasteiger partial charge in [0.2, 0.25) is 5.39 Å². The van der Waals surface area contributed by atoms with Crippen LogP contribution in [0, 0.1) is 11.2 Å². The minimum atomic E-state index is -0.303. The highest BCUT2D eigenvalue weighted by atomic mass is 19.1. The Hall–Kier alpha value is -2.41. The monoisotopic (exact) mass is 229 g/mol. The van der Waals surface area contributed by atoms with Gasteiger partial charge in [-0.15, -0.1) is 0 Å². The molecule has 17 heavy (non-hydrogen) atoms. The van der Waals surface area contributed by atoms with E-state index in [4.69, 9.17) is 10.1 Å². The molecule has 0 unspecified atom stereocenters. The molecule has 0 N–H and O–H groups in total. The van der Waals surface area contributed by atoms with E-state index in [2.05, 4.69) is 4.98 Å². The predicted molar refractivity (Wildman–Crippen MR) is 61.9 cm³/mol. The Morgan fingerprint density at radius 1 is 1.06 bits per heavy atom. The SMILES string of the molecule is N#[N+]c1ccccc1COc1ccc(F)cc1. The van der Waals surface area contributed by atoms with Crippen LogP contribution in [-0.2, 0) is 6.61 Å². The van der Waals surface area contributed by atoms with Crippen molar-refractivity contribution in [3.63, 3.8) is 0 Å². The number of benzene rings is 2. The third-order valence-corrected chi connectivity index (χ3v) is 2.31. The van der Waals surface area contributed by atoms with Crippen LogP contribution in [0.3, 0.4) is 0 Å². The summed E-state index contributed by atoms with van der Waals surface area (Å²) in [6.07, 6.45) is 0. The van der Waals surface area contributed by atoms with Crippen molar-refractivity contribution in [2.75, 3.05) is 0 Å². The number of ether oxygens (including phenoxy) is 1. The van der Waals surface area contributed by atoms with Crippen LogP contribution < -0.4 is 4.74 Å². The van der Waals surface area contributed by atoms with E-state index in [1.165, 1.54) is 12.1 Å². The van der Waals surface area contributed by atoms with Gasteiger partial charge in [0.25, 0.3) is 0 Å². The Kier molecular flexibility index (Phi) is 3.31. The molecule has 0 atom stereocenters. The van der Waals surface area contributed by atoms with Crippen molar-refractivity contribution in [3.8, 4) is 5.75 Å². The molecule has 0 heterocycles. The summed E-state index contributed by atoms with van der Waals surface area (Å²) in [7, 11) is 0. The van der Waals surface area contributed by atoms with Gasteiger partial charge in [0.1, 0.15) is 18.2 Å². The first-order valence-electron chi connectivity index (χ1n) is 5.11. The minimum Gasteiger partial charge on any atom is -0.489 e. The second kappa shape index (κ2) is 5.08. The highest BCUT2D eigenvalue weighted by Gasteiger charge is 2.12. The molecule has 0 bridgehead atoms. The maximum Gasteiger partial charge on any atom is 0.391 e. The smallest absolute Gasteiger partial charge is 0.391 e. The van der Waals surface area contributed by atoms with E-state index in [-0.39, 0.29) is 12.4 Å². The van der Waals surface area contributed by atoms with E-state index >= 15 is 0 Å². The van der Waals surface area contributed by atoms with E-state index in [0.717, 1.165) is 5.56 Å². The van der Waals surface area contributed by atoms with Gasteiger partial charge >= 0.3 is 5.69 Å². The highest BCUT2D eigenvalue weighted by Crippen LogP contribution is 2.20. The molecule has 0 radical (unpaired) electrons. The summed E-state index contributed by atoms with van der Waals surface area (Å²) < 4.78 is 18.1. The van der Waals surface area contributed by atoms with Gasteiger partial charge < -0.3 is 4.74 Å². The number of hydrogen-bond acceptors (Lipinski definition) is 2. The third kappa shape index (κ3) is 2.79. The standard InChI is InChI=1S/C13H10FN2O/c14-11-5-7-12(8-6-11)17-9-10-3-1-2-4-13(10)16-15/h1-8H,9H2/q+1. The van der Waals surface area contributed by atoms with Gasteiger partial charge in [0.05, 0.1) is 5.56 Å². The first-order valence-corrected chi connectivity index (χ1v) is 5.11. The molecule has 0 spiro atoms. The van der Waals surface area contributed by atoms with Gasteiger partial charge in [0.15, 0.2) is 4.98 Å². The second-order valence-corrected chi connectivity index (χ2v) is 3.47. The first kappa shape index (κ1) is 11.1. The molecular formula is C13H10FN2O+. The normalized spacial score (nSPS) is 9.65. The van der Waals surface area contributed by atoms with Crippen LogP contribution in [0.25, 0.3) is 4.98 Å². The van der Waals surface area contributed by atoms with E-state index in [1.54, 1.807) is 30.3 Å². The van der Waals surface area contributed by atoms with Crippen LogP contribution in [-0.4, -0.2) is 0 Å². The number of diazo groups is 1. The van der Waals surface area contributed by atoms with E-state index in [9.17, 15) is 4.39 Å². The van der Waals surface area contributed by atoms with Crippen LogP contribution in [0.1, 0.15) is 5.56 Å². The molecule has 0 saturated heterocycles. The Bertz CT molecular complexity index is 546. The van der Waals surface area contributed by atoms with Gasteiger partial charge in [0, 0.05) is 6.07 Å². The largest absolute Gasteiger partial charge is 0.489 e. The van der Waals surface area contributed by atoms with Gasteiger partial charge in [-0.2, -0.15) is 0 Å². The molecular weight excluding hydrogens is 219 g/mol. The van der Waals surface area contributed by atoms with Crippen molar-refractivity contribution in [1.29, 1.82) is 5.39 Å². The summed E-state index contributed by atoms with van der Waals surface area (Å²) in [6, 6.07) is 12.9. The minimum absolute atomic E-state index is 0.270. The molecule has 2 aromatic carbocycles. The fraction of sp³-hybridized carbons (Fsp3) is 0.0769.